The maximum absolute atomic E-state index is 14.3. The Kier molecular flexibility index (Phi) is 5.20. The van der Waals surface area contributed by atoms with Crippen molar-refractivity contribution in [1.29, 1.82) is 0 Å². The van der Waals surface area contributed by atoms with E-state index >= 15 is 0 Å². The molecule has 0 spiro atoms. The predicted octanol–water partition coefficient (Wildman–Crippen LogP) is 3.67. The van der Waals surface area contributed by atoms with Crippen molar-refractivity contribution in [3.05, 3.63) is 68.8 Å². The van der Waals surface area contributed by atoms with E-state index in [1.807, 2.05) is 0 Å². The van der Waals surface area contributed by atoms with Gasteiger partial charge < -0.3 is 14.9 Å². The van der Waals surface area contributed by atoms with Crippen molar-refractivity contribution in [1.82, 2.24) is 0 Å². The number of hydrogen-bond donors (Lipinski definition) is 2. The standard InChI is InChI=1S/C20H19F4NO3/c1-7-5-11(6-12(21)8(7)2)18(26)17-20(27)28-19(25-17)13-9(3)10(4)14(22)16(24)15(13)23/h5-6,17-18,20,26-27H,1-4H3. The summed E-state index contributed by atoms with van der Waals surface area (Å²) in [5, 5.41) is 20.7. The normalized spacial score (nSPS) is 20.1. The van der Waals surface area contributed by atoms with Crippen LogP contribution >= 0.6 is 0 Å². The number of nitrogens with zero attached hydrogens (tertiary/aromatic N) is 1. The van der Waals surface area contributed by atoms with E-state index in [0.29, 0.717) is 11.1 Å². The SMILES string of the molecule is Cc1cc(C(O)C2N=C(c3c(C)c(C)c(F)c(F)c3F)OC2O)cc(F)c1C. The van der Waals surface area contributed by atoms with Gasteiger partial charge in [-0.1, -0.05) is 6.07 Å². The second-order valence-electron chi connectivity index (χ2n) is 6.89. The Morgan fingerprint density at radius 1 is 0.929 bits per heavy atom. The molecule has 0 bridgehead atoms. The van der Waals surface area contributed by atoms with E-state index in [1.165, 1.54) is 19.9 Å². The molecule has 0 aromatic heterocycles. The number of aliphatic hydroxyl groups excluding tert-OH is 2. The first-order valence-corrected chi connectivity index (χ1v) is 8.55. The van der Waals surface area contributed by atoms with Crippen molar-refractivity contribution >= 4 is 5.90 Å². The van der Waals surface area contributed by atoms with Crippen LogP contribution in [0.15, 0.2) is 17.1 Å². The lowest BCUT2D eigenvalue weighted by atomic mass is 9.98. The van der Waals surface area contributed by atoms with Gasteiger partial charge in [0, 0.05) is 0 Å². The Labute approximate surface area is 159 Å². The van der Waals surface area contributed by atoms with Gasteiger partial charge in [-0.25, -0.2) is 22.6 Å². The van der Waals surface area contributed by atoms with Gasteiger partial charge in [0.15, 0.2) is 17.5 Å². The third-order valence-corrected chi connectivity index (χ3v) is 5.17. The van der Waals surface area contributed by atoms with Gasteiger partial charge in [0.25, 0.3) is 0 Å². The van der Waals surface area contributed by atoms with Crippen LogP contribution in [0.25, 0.3) is 0 Å². The third-order valence-electron chi connectivity index (χ3n) is 5.17. The summed E-state index contributed by atoms with van der Waals surface area (Å²) in [7, 11) is 0. The van der Waals surface area contributed by atoms with Crippen molar-refractivity contribution in [2.75, 3.05) is 0 Å². The first-order chi connectivity index (χ1) is 13.0. The van der Waals surface area contributed by atoms with E-state index in [0.717, 1.165) is 6.07 Å². The first-order valence-electron chi connectivity index (χ1n) is 8.55. The molecule has 0 radical (unpaired) electrons. The molecule has 0 amide bonds. The summed E-state index contributed by atoms with van der Waals surface area (Å²) in [5.41, 5.74) is 0.640. The molecule has 4 nitrogen and oxygen atoms in total. The summed E-state index contributed by atoms with van der Waals surface area (Å²) in [6, 6.07) is 1.35. The molecule has 0 fully saturated rings. The fraction of sp³-hybridized carbons (Fsp3) is 0.350. The number of aliphatic imine (C=N–C) groups is 1. The van der Waals surface area contributed by atoms with Crippen LogP contribution in [0.5, 0.6) is 0 Å². The zero-order valence-corrected chi connectivity index (χ0v) is 15.6. The lowest BCUT2D eigenvalue weighted by Gasteiger charge is -2.19. The highest BCUT2D eigenvalue weighted by Crippen LogP contribution is 2.32. The van der Waals surface area contributed by atoms with E-state index in [-0.39, 0.29) is 16.7 Å². The van der Waals surface area contributed by atoms with E-state index in [9.17, 15) is 27.8 Å². The largest absolute Gasteiger partial charge is 0.445 e. The second kappa shape index (κ2) is 7.18. The highest BCUT2D eigenvalue weighted by atomic mass is 19.2. The Morgan fingerprint density at radius 3 is 2.18 bits per heavy atom. The minimum absolute atomic E-state index is 0.0507. The van der Waals surface area contributed by atoms with Crippen LogP contribution in [0.1, 0.15) is 39.5 Å². The number of aryl methyl sites for hydroxylation is 1. The summed E-state index contributed by atoms with van der Waals surface area (Å²) in [5.74, 6) is -5.50. The van der Waals surface area contributed by atoms with Crippen molar-refractivity contribution in [3.8, 4) is 0 Å². The molecular formula is C20H19F4NO3. The fourth-order valence-corrected chi connectivity index (χ4v) is 3.12. The first kappa shape index (κ1) is 20.3. The zero-order chi connectivity index (χ0) is 20.9. The minimum Gasteiger partial charge on any atom is -0.445 e. The van der Waals surface area contributed by atoms with Crippen molar-refractivity contribution < 1.29 is 32.5 Å². The van der Waals surface area contributed by atoms with Gasteiger partial charge in [-0.3, -0.25) is 0 Å². The van der Waals surface area contributed by atoms with Gasteiger partial charge in [-0.15, -0.1) is 0 Å². The van der Waals surface area contributed by atoms with Crippen LogP contribution in [-0.4, -0.2) is 28.4 Å². The molecule has 1 heterocycles. The molecule has 0 saturated heterocycles. The monoisotopic (exact) mass is 397 g/mol. The summed E-state index contributed by atoms with van der Waals surface area (Å²) in [4.78, 5) is 3.97. The second-order valence-corrected chi connectivity index (χ2v) is 6.89. The van der Waals surface area contributed by atoms with Gasteiger partial charge >= 0.3 is 0 Å². The van der Waals surface area contributed by atoms with Gasteiger partial charge in [0.1, 0.15) is 18.0 Å². The van der Waals surface area contributed by atoms with Crippen LogP contribution in [0.2, 0.25) is 0 Å². The highest BCUT2D eigenvalue weighted by molar-refractivity contribution is 5.97. The zero-order valence-electron chi connectivity index (χ0n) is 15.6. The molecule has 0 saturated carbocycles. The maximum atomic E-state index is 14.3. The molecular weight excluding hydrogens is 378 g/mol. The fourth-order valence-electron chi connectivity index (χ4n) is 3.12. The summed E-state index contributed by atoms with van der Waals surface area (Å²) < 4.78 is 61.0. The van der Waals surface area contributed by atoms with Crippen molar-refractivity contribution in [3.63, 3.8) is 0 Å². The minimum atomic E-state index is -1.68. The Hall–Kier alpha value is -2.45. The van der Waals surface area contributed by atoms with Crippen LogP contribution in [0, 0.1) is 51.0 Å². The predicted molar refractivity (Wildman–Crippen MR) is 94.0 cm³/mol. The van der Waals surface area contributed by atoms with Crippen LogP contribution in [0.3, 0.4) is 0 Å². The summed E-state index contributed by atoms with van der Waals surface area (Å²) in [6.45, 7) is 5.87. The number of ether oxygens (including phenoxy) is 1. The number of halogens is 4. The molecule has 2 aromatic rings. The van der Waals surface area contributed by atoms with E-state index < -0.39 is 53.2 Å². The molecule has 2 N–H and O–H groups in total. The highest BCUT2D eigenvalue weighted by Gasteiger charge is 2.38. The van der Waals surface area contributed by atoms with Crippen LogP contribution in [-0.2, 0) is 4.74 Å². The molecule has 8 heteroatoms. The van der Waals surface area contributed by atoms with E-state index in [2.05, 4.69) is 4.99 Å². The van der Waals surface area contributed by atoms with Gasteiger partial charge in [0.2, 0.25) is 12.2 Å². The maximum Gasteiger partial charge on any atom is 0.224 e. The van der Waals surface area contributed by atoms with Crippen molar-refractivity contribution in [2.45, 2.75) is 46.1 Å². The van der Waals surface area contributed by atoms with Crippen molar-refractivity contribution in [2.24, 2.45) is 4.99 Å². The molecule has 150 valence electrons. The number of rotatable bonds is 3. The summed E-state index contributed by atoms with van der Waals surface area (Å²) in [6.07, 6.45) is -3.14. The molecule has 3 atom stereocenters. The smallest absolute Gasteiger partial charge is 0.224 e. The topological polar surface area (TPSA) is 62.1 Å². The third kappa shape index (κ3) is 3.16. The average molecular weight is 397 g/mol. The van der Waals surface area contributed by atoms with Gasteiger partial charge in [0.05, 0.1) is 5.56 Å². The quantitative estimate of drug-likeness (QED) is 0.614. The molecule has 1 aliphatic rings. The average Bonchev–Trinajstić information content (AvgIpc) is 3.03. The number of benzene rings is 2. The Balaban J connectivity index is 2.04. The molecule has 3 rings (SSSR count). The van der Waals surface area contributed by atoms with Gasteiger partial charge in [-0.05, 0) is 61.6 Å². The molecule has 1 aliphatic heterocycles. The number of aliphatic hydroxyl groups is 2. The van der Waals surface area contributed by atoms with Crippen LogP contribution < -0.4 is 0 Å². The van der Waals surface area contributed by atoms with E-state index in [1.54, 1.807) is 13.8 Å². The summed E-state index contributed by atoms with van der Waals surface area (Å²) >= 11 is 0. The Morgan fingerprint density at radius 2 is 1.57 bits per heavy atom. The lowest BCUT2D eigenvalue weighted by Crippen LogP contribution is -2.28. The number of hydrogen-bond acceptors (Lipinski definition) is 4. The molecule has 2 aromatic carbocycles. The van der Waals surface area contributed by atoms with E-state index in [4.69, 9.17) is 4.74 Å². The van der Waals surface area contributed by atoms with Crippen LogP contribution in [0.4, 0.5) is 17.6 Å². The lowest BCUT2D eigenvalue weighted by molar-refractivity contribution is -0.0566. The molecule has 3 unspecified atom stereocenters. The molecule has 28 heavy (non-hydrogen) atoms. The Bertz CT molecular complexity index is 938. The van der Waals surface area contributed by atoms with Gasteiger partial charge in [-0.2, -0.15) is 0 Å². The molecule has 0 aliphatic carbocycles.